The van der Waals surface area contributed by atoms with E-state index in [4.69, 9.17) is 0 Å². The summed E-state index contributed by atoms with van der Waals surface area (Å²) in [5, 5.41) is 0. The molecule has 4 aliphatic rings. The predicted octanol–water partition coefficient (Wildman–Crippen LogP) is 2.76. The van der Waals surface area contributed by atoms with Crippen LogP contribution in [0.3, 0.4) is 0 Å². The van der Waals surface area contributed by atoms with Gasteiger partial charge in [-0.25, -0.2) is 4.98 Å². The first-order valence-corrected chi connectivity index (χ1v) is 10.4. The molecule has 2 unspecified atom stereocenters. The number of carbonyl (C=O) groups excluding carboxylic acids is 1. The molecular formula is C20H30N4O. The molecule has 1 amide bonds. The molecule has 0 radical (unpaired) electrons. The monoisotopic (exact) mass is 342 g/mol. The van der Waals surface area contributed by atoms with E-state index in [1.54, 1.807) is 0 Å². The SMILES string of the molecule is O=C(CN1CCc2c(ncn2C2CC2)C1)N1CCCC2CCCCC21. The van der Waals surface area contributed by atoms with Gasteiger partial charge in [-0.15, -0.1) is 0 Å². The summed E-state index contributed by atoms with van der Waals surface area (Å²) in [7, 11) is 0. The first-order chi connectivity index (χ1) is 12.3. The number of nitrogens with zero attached hydrogens (tertiary/aromatic N) is 4. The molecule has 5 rings (SSSR count). The molecule has 136 valence electrons. The minimum atomic E-state index is 0.363. The molecule has 3 heterocycles. The normalized spacial score (nSPS) is 30.0. The average molecular weight is 342 g/mol. The van der Waals surface area contributed by atoms with Crippen molar-refractivity contribution in [1.29, 1.82) is 0 Å². The topological polar surface area (TPSA) is 41.4 Å². The Morgan fingerprint density at radius 2 is 1.92 bits per heavy atom. The lowest BCUT2D eigenvalue weighted by molar-refractivity contribution is -0.139. The zero-order valence-electron chi connectivity index (χ0n) is 15.2. The van der Waals surface area contributed by atoms with Gasteiger partial charge in [-0.2, -0.15) is 0 Å². The molecule has 0 spiro atoms. The molecule has 0 aromatic carbocycles. The summed E-state index contributed by atoms with van der Waals surface area (Å²) in [6, 6.07) is 1.24. The summed E-state index contributed by atoms with van der Waals surface area (Å²) in [6.07, 6.45) is 13.5. The number of carbonyl (C=O) groups is 1. The molecule has 1 saturated heterocycles. The van der Waals surface area contributed by atoms with E-state index >= 15 is 0 Å². The Kier molecular flexibility index (Phi) is 4.07. The second kappa shape index (κ2) is 6.42. The van der Waals surface area contributed by atoms with Crippen molar-refractivity contribution in [2.24, 2.45) is 5.92 Å². The molecule has 2 atom stereocenters. The van der Waals surface area contributed by atoms with E-state index in [9.17, 15) is 4.79 Å². The lowest BCUT2D eigenvalue weighted by Crippen LogP contribution is -2.52. The van der Waals surface area contributed by atoms with Crippen molar-refractivity contribution in [3.8, 4) is 0 Å². The third-order valence-corrected chi connectivity index (χ3v) is 6.88. The van der Waals surface area contributed by atoms with Crippen LogP contribution in [0.2, 0.25) is 0 Å². The van der Waals surface area contributed by atoms with Gasteiger partial charge < -0.3 is 9.47 Å². The molecule has 2 aliphatic carbocycles. The summed E-state index contributed by atoms with van der Waals surface area (Å²) in [6.45, 7) is 3.41. The fraction of sp³-hybridized carbons (Fsp3) is 0.800. The zero-order chi connectivity index (χ0) is 16.8. The van der Waals surface area contributed by atoms with Crippen LogP contribution in [0.25, 0.3) is 0 Å². The third kappa shape index (κ3) is 3.01. The number of fused-ring (bicyclic) bond motifs is 2. The zero-order valence-corrected chi connectivity index (χ0v) is 15.2. The minimum Gasteiger partial charge on any atom is -0.338 e. The van der Waals surface area contributed by atoms with Crippen LogP contribution in [0.1, 0.15) is 68.8 Å². The quantitative estimate of drug-likeness (QED) is 0.848. The van der Waals surface area contributed by atoms with Crippen LogP contribution < -0.4 is 0 Å². The molecule has 5 heteroatoms. The summed E-state index contributed by atoms with van der Waals surface area (Å²) >= 11 is 0. The Morgan fingerprint density at radius 3 is 2.80 bits per heavy atom. The van der Waals surface area contributed by atoms with Gasteiger partial charge in [0.25, 0.3) is 0 Å². The van der Waals surface area contributed by atoms with Crippen molar-refractivity contribution in [3.05, 3.63) is 17.7 Å². The number of amides is 1. The number of piperidine rings is 1. The maximum Gasteiger partial charge on any atom is 0.237 e. The standard InChI is InChI=1S/C20H30N4O/c25-20(23-10-3-5-15-4-1-2-6-18(15)23)13-22-11-9-19-17(12-22)21-14-24(19)16-7-8-16/h14-16,18H,1-13H2. The lowest BCUT2D eigenvalue weighted by atomic mass is 9.78. The van der Waals surface area contributed by atoms with Gasteiger partial charge in [0.15, 0.2) is 0 Å². The van der Waals surface area contributed by atoms with E-state index < -0.39 is 0 Å². The largest absolute Gasteiger partial charge is 0.338 e. The van der Waals surface area contributed by atoms with E-state index in [0.717, 1.165) is 32.0 Å². The number of aromatic nitrogens is 2. The van der Waals surface area contributed by atoms with Crippen molar-refractivity contribution in [1.82, 2.24) is 19.4 Å². The number of hydrogen-bond donors (Lipinski definition) is 0. The van der Waals surface area contributed by atoms with Gasteiger partial charge >= 0.3 is 0 Å². The van der Waals surface area contributed by atoms with Crippen LogP contribution in [0.5, 0.6) is 0 Å². The highest BCUT2D eigenvalue weighted by molar-refractivity contribution is 5.78. The van der Waals surface area contributed by atoms with Gasteiger partial charge in [0.2, 0.25) is 5.91 Å². The Morgan fingerprint density at radius 1 is 1.08 bits per heavy atom. The van der Waals surface area contributed by atoms with E-state index in [1.807, 2.05) is 6.33 Å². The van der Waals surface area contributed by atoms with Crippen molar-refractivity contribution >= 4 is 5.91 Å². The summed E-state index contributed by atoms with van der Waals surface area (Å²) < 4.78 is 2.39. The van der Waals surface area contributed by atoms with Gasteiger partial charge in [0, 0.05) is 43.8 Å². The average Bonchev–Trinajstić information content (AvgIpc) is 3.40. The Labute approximate surface area is 150 Å². The highest BCUT2D eigenvalue weighted by atomic mass is 16.2. The first kappa shape index (κ1) is 15.9. The molecule has 3 fully saturated rings. The van der Waals surface area contributed by atoms with Crippen LogP contribution in [0.4, 0.5) is 0 Å². The molecule has 5 nitrogen and oxygen atoms in total. The van der Waals surface area contributed by atoms with Crippen LogP contribution in [0, 0.1) is 5.92 Å². The molecule has 2 aliphatic heterocycles. The Hall–Kier alpha value is -1.36. The maximum atomic E-state index is 13.0. The fourth-order valence-corrected chi connectivity index (χ4v) is 5.40. The van der Waals surface area contributed by atoms with E-state index in [2.05, 4.69) is 19.4 Å². The molecule has 1 aromatic rings. The molecular weight excluding hydrogens is 312 g/mol. The highest BCUT2D eigenvalue weighted by Crippen LogP contribution is 2.38. The second-order valence-corrected chi connectivity index (χ2v) is 8.58. The van der Waals surface area contributed by atoms with Crippen LogP contribution in [-0.2, 0) is 17.8 Å². The number of imidazole rings is 1. The van der Waals surface area contributed by atoms with Crippen LogP contribution >= 0.6 is 0 Å². The van der Waals surface area contributed by atoms with Crippen molar-refractivity contribution in [2.75, 3.05) is 19.6 Å². The summed E-state index contributed by atoms with van der Waals surface area (Å²) in [5.41, 5.74) is 2.64. The molecule has 1 aromatic heterocycles. The lowest BCUT2D eigenvalue weighted by Gasteiger charge is -2.44. The summed E-state index contributed by atoms with van der Waals surface area (Å²) in [4.78, 5) is 22.2. The van der Waals surface area contributed by atoms with Gasteiger partial charge in [0.05, 0.1) is 18.6 Å². The Bertz CT molecular complexity index is 648. The van der Waals surface area contributed by atoms with Gasteiger partial charge in [-0.05, 0) is 44.4 Å². The van der Waals surface area contributed by atoms with Gasteiger partial charge in [-0.3, -0.25) is 9.69 Å². The van der Waals surface area contributed by atoms with Crippen molar-refractivity contribution < 1.29 is 4.79 Å². The molecule has 25 heavy (non-hydrogen) atoms. The van der Waals surface area contributed by atoms with Gasteiger partial charge in [-0.1, -0.05) is 12.8 Å². The Balaban J connectivity index is 1.23. The van der Waals surface area contributed by atoms with Crippen LogP contribution in [0.15, 0.2) is 6.33 Å². The third-order valence-electron chi connectivity index (χ3n) is 6.88. The smallest absolute Gasteiger partial charge is 0.237 e. The van der Waals surface area contributed by atoms with E-state index in [-0.39, 0.29) is 0 Å². The number of rotatable bonds is 3. The minimum absolute atomic E-state index is 0.363. The number of hydrogen-bond acceptors (Lipinski definition) is 3. The molecule has 2 saturated carbocycles. The molecule has 0 bridgehead atoms. The molecule has 0 N–H and O–H groups in total. The fourth-order valence-electron chi connectivity index (χ4n) is 5.40. The highest BCUT2D eigenvalue weighted by Gasteiger charge is 2.36. The summed E-state index contributed by atoms with van der Waals surface area (Å²) in [5.74, 6) is 1.13. The van der Waals surface area contributed by atoms with E-state index in [0.29, 0.717) is 24.5 Å². The van der Waals surface area contributed by atoms with E-state index in [1.165, 1.54) is 62.8 Å². The predicted molar refractivity (Wildman–Crippen MR) is 96.2 cm³/mol. The first-order valence-electron chi connectivity index (χ1n) is 10.4. The van der Waals surface area contributed by atoms with Gasteiger partial charge in [0.1, 0.15) is 0 Å². The van der Waals surface area contributed by atoms with Crippen molar-refractivity contribution in [3.63, 3.8) is 0 Å². The second-order valence-electron chi connectivity index (χ2n) is 8.58. The number of likely N-dealkylation sites (tertiary alicyclic amines) is 1. The van der Waals surface area contributed by atoms with Crippen LogP contribution in [-0.4, -0.2) is 50.9 Å². The maximum absolute atomic E-state index is 13.0. The van der Waals surface area contributed by atoms with Crippen molar-refractivity contribution in [2.45, 2.75) is 76.4 Å².